The van der Waals surface area contributed by atoms with Crippen molar-refractivity contribution in [1.29, 1.82) is 0 Å². The van der Waals surface area contributed by atoms with Crippen LogP contribution in [0.3, 0.4) is 0 Å². The van der Waals surface area contributed by atoms with Gasteiger partial charge in [0.05, 0.1) is 11.4 Å². The summed E-state index contributed by atoms with van der Waals surface area (Å²) in [4.78, 5) is 20.3. The second-order valence-electron chi connectivity index (χ2n) is 6.75. The van der Waals surface area contributed by atoms with E-state index in [2.05, 4.69) is 19.9 Å². The zero-order chi connectivity index (χ0) is 16.5. The molecule has 1 aliphatic heterocycles. The molecule has 126 valence electrons. The molecular weight excluding hydrogens is 302 g/mol. The summed E-state index contributed by atoms with van der Waals surface area (Å²) in [5, 5.41) is 0. The summed E-state index contributed by atoms with van der Waals surface area (Å²) in [6.45, 7) is 5.78. The lowest BCUT2D eigenvalue weighted by atomic mass is 10.1. The van der Waals surface area contributed by atoms with E-state index < -0.39 is 0 Å². The number of ether oxygens (including phenoxy) is 1. The molecule has 1 saturated heterocycles. The lowest BCUT2D eigenvalue weighted by Crippen LogP contribution is -2.39. The Morgan fingerprint density at radius 3 is 2.58 bits per heavy atom. The molecule has 2 aliphatic rings. The van der Waals surface area contributed by atoms with Gasteiger partial charge in [0.1, 0.15) is 17.7 Å². The van der Waals surface area contributed by atoms with Crippen molar-refractivity contribution in [2.45, 2.75) is 51.6 Å². The van der Waals surface area contributed by atoms with Gasteiger partial charge in [-0.3, -0.25) is 4.98 Å². The minimum absolute atomic E-state index is 0.195. The number of anilines is 1. The van der Waals surface area contributed by atoms with Crippen LogP contribution in [0.25, 0.3) is 0 Å². The third kappa shape index (κ3) is 3.32. The molecule has 2 aromatic rings. The Labute approximate surface area is 142 Å². The maximum absolute atomic E-state index is 6.09. The first kappa shape index (κ1) is 15.3. The molecule has 0 unspecified atom stereocenters. The molecule has 0 bridgehead atoms. The highest BCUT2D eigenvalue weighted by Gasteiger charge is 2.28. The summed E-state index contributed by atoms with van der Waals surface area (Å²) in [7, 11) is 0. The summed E-state index contributed by atoms with van der Waals surface area (Å²) in [5.41, 5.74) is 1.74. The molecule has 0 N–H and O–H groups in total. The highest BCUT2D eigenvalue weighted by atomic mass is 16.5. The fraction of sp³-hybridized carbons (Fsp3) is 0.556. The quantitative estimate of drug-likeness (QED) is 0.861. The molecule has 2 aromatic heterocycles. The summed E-state index contributed by atoms with van der Waals surface area (Å²) < 4.78 is 6.09. The van der Waals surface area contributed by atoms with Gasteiger partial charge in [-0.2, -0.15) is 0 Å². The molecule has 0 spiro atoms. The number of hydrogen-bond donors (Lipinski definition) is 0. The van der Waals surface area contributed by atoms with Crippen molar-refractivity contribution < 1.29 is 4.74 Å². The molecule has 1 aliphatic carbocycles. The SMILES string of the molecule is Cc1cnc(C)c(OC2CCN(c3ccnc(C4CC4)n3)CC2)n1. The van der Waals surface area contributed by atoms with Gasteiger partial charge >= 0.3 is 0 Å². The average Bonchev–Trinajstić information content (AvgIpc) is 3.44. The van der Waals surface area contributed by atoms with Crippen LogP contribution in [0.1, 0.15) is 48.8 Å². The molecule has 6 heteroatoms. The van der Waals surface area contributed by atoms with Gasteiger partial charge in [-0.15, -0.1) is 0 Å². The molecule has 1 saturated carbocycles. The molecule has 0 radical (unpaired) electrons. The van der Waals surface area contributed by atoms with Crippen LogP contribution in [0.5, 0.6) is 5.88 Å². The van der Waals surface area contributed by atoms with E-state index >= 15 is 0 Å². The Hall–Kier alpha value is -2.24. The average molecular weight is 325 g/mol. The maximum atomic E-state index is 6.09. The molecule has 24 heavy (non-hydrogen) atoms. The Balaban J connectivity index is 1.38. The summed E-state index contributed by atoms with van der Waals surface area (Å²) in [6, 6.07) is 2.02. The van der Waals surface area contributed by atoms with Crippen molar-refractivity contribution in [2.24, 2.45) is 0 Å². The van der Waals surface area contributed by atoms with Crippen molar-refractivity contribution in [3.05, 3.63) is 35.7 Å². The number of hydrogen-bond acceptors (Lipinski definition) is 6. The molecule has 0 atom stereocenters. The lowest BCUT2D eigenvalue weighted by Gasteiger charge is -2.32. The van der Waals surface area contributed by atoms with Crippen molar-refractivity contribution in [2.75, 3.05) is 18.0 Å². The Bertz CT molecular complexity index is 723. The van der Waals surface area contributed by atoms with Gasteiger partial charge in [0.2, 0.25) is 5.88 Å². The van der Waals surface area contributed by atoms with Crippen LogP contribution in [0, 0.1) is 13.8 Å². The van der Waals surface area contributed by atoms with Gasteiger partial charge in [-0.1, -0.05) is 0 Å². The number of piperidine rings is 1. The van der Waals surface area contributed by atoms with Crippen LogP contribution in [-0.2, 0) is 0 Å². The van der Waals surface area contributed by atoms with Crippen LogP contribution < -0.4 is 9.64 Å². The second-order valence-corrected chi connectivity index (χ2v) is 6.75. The van der Waals surface area contributed by atoms with E-state index in [0.717, 1.165) is 49.0 Å². The molecule has 0 amide bonds. The smallest absolute Gasteiger partial charge is 0.235 e. The Morgan fingerprint density at radius 2 is 1.83 bits per heavy atom. The van der Waals surface area contributed by atoms with Gasteiger partial charge in [-0.25, -0.2) is 15.0 Å². The first-order valence-electron chi connectivity index (χ1n) is 8.74. The molecule has 0 aromatic carbocycles. The number of nitrogens with zero attached hydrogens (tertiary/aromatic N) is 5. The van der Waals surface area contributed by atoms with Crippen LogP contribution in [0.15, 0.2) is 18.5 Å². The van der Waals surface area contributed by atoms with Gasteiger partial charge < -0.3 is 9.64 Å². The highest BCUT2D eigenvalue weighted by molar-refractivity contribution is 5.38. The number of rotatable bonds is 4. The van der Waals surface area contributed by atoms with Gasteiger partial charge in [-0.05, 0) is 32.8 Å². The minimum Gasteiger partial charge on any atom is -0.473 e. The number of aryl methyl sites for hydroxylation is 2. The van der Waals surface area contributed by atoms with E-state index in [-0.39, 0.29) is 6.10 Å². The third-order valence-electron chi connectivity index (χ3n) is 4.68. The predicted octanol–water partition coefficient (Wildman–Crippen LogP) is 2.81. The van der Waals surface area contributed by atoms with Crippen LogP contribution in [0.4, 0.5) is 5.82 Å². The van der Waals surface area contributed by atoms with E-state index in [9.17, 15) is 0 Å². The predicted molar refractivity (Wildman–Crippen MR) is 91.4 cm³/mol. The maximum Gasteiger partial charge on any atom is 0.235 e. The van der Waals surface area contributed by atoms with E-state index in [1.165, 1.54) is 12.8 Å². The van der Waals surface area contributed by atoms with Crippen molar-refractivity contribution >= 4 is 5.82 Å². The minimum atomic E-state index is 0.195. The second kappa shape index (κ2) is 6.34. The van der Waals surface area contributed by atoms with Crippen molar-refractivity contribution in [3.8, 4) is 5.88 Å². The van der Waals surface area contributed by atoms with E-state index in [4.69, 9.17) is 9.72 Å². The summed E-state index contributed by atoms with van der Waals surface area (Å²) in [6.07, 6.45) is 8.27. The van der Waals surface area contributed by atoms with E-state index in [1.54, 1.807) is 6.20 Å². The topological polar surface area (TPSA) is 64.0 Å². The van der Waals surface area contributed by atoms with E-state index in [0.29, 0.717) is 11.8 Å². The monoisotopic (exact) mass is 325 g/mol. The first-order valence-corrected chi connectivity index (χ1v) is 8.74. The normalized spacial score (nSPS) is 18.7. The van der Waals surface area contributed by atoms with E-state index in [1.807, 2.05) is 26.1 Å². The molecular formula is C18H23N5O. The fourth-order valence-corrected chi connectivity index (χ4v) is 3.07. The molecule has 2 fully saturated rings. The largest absolute Gasteiger partial charge is 0.473 e. The standard InChI is InChI=1S/C18H23N5O/c1-12-11-20-13(2)18(21-12)24-15-6-9-23(10-7-15)16-5-8-19-17(22-16)14-3-4-14/h5,8,11,14-15H,3-4,6-7,9-10H2,1-2H3. The molecule has 4 rings (SSSR count). The number of aromatic nitrogens is 4. The first-order chi connectivity index (χ1) is 11.7. The van der Waals surface area contributed by atoms with Crippen LogP contribution >= 0.6 is 0 Å². The molecule has 3 heterocycles. The zero-order valence-corrected chi connectivity index (χ0v) is 14.3. The van der Waals surface area contributed by atoms with Crippen molar-refractivity contribution in [3.63, 3.8) is 0 Å². The fourth-order valence-electron chi connectivity index (χ4n) is 3.07. The van der Waals surface area contributed by atoms with Crippen LogP contribution in [-0.4, -0.2) is 39.1 Å². The highest BCUT2D eigenvalue weighted by Crippen LogP contribution is 2.38. The lowest BCUT2D eigenvalue weighted by molar-refractivity contribution is 0.161. The van der Waals surface area contributed by atoms with Gasteiger partial charge in [0.25, 0.3) is 0 Å². The summed E-state index contributed by atoms with van der Waals surface area (Å²) in [5.74, 6) is 3.33. The van der Waals surface area contributed by atoms with Crippen LogP contribution in [0.2, 0.25) is 0 Å². The van der Waals surface area contributed by atoms with Gasteiger partial charge in [0.15, 0.2) is 0 Å². The summed E-state index contributed by atoms with van der Waals surface area (Å²) >= 11 is 0. The Morgan fingerprint density at radius 1 is 1.04 bits per heavy atom. The zero-order valence-electron chi connectivity index (χ0n) is 14.3. The molecule has 6 nitrogen and oxygen atoms in total. The third-order valence-corrected chi connectivity index (χ3v) is 4.68. The Kier molecular flexibility index (Phi) is 4.04. The van der Waals surface area contributed by atoms with Gasteiger partial charge in [0, 0.05) is 44.2 Å². The van der Waals surface area contributed by atoms with Crippen molar-refractivity contribution in [1.82, 2.24) is 19.9 Å².